The number of ether oxygens (including phenoxy) is 3. The van der Waals surface area contributed by atoms with E-state index < -0.39 is 29.2 Å². The molecular weight excluding hydrogens is 606 g/mol. The lowest BCUT2D eigenvalue weighted by Gasteiger charge is -2.28. The molecule has 1 aromatic rings. The van der Waals surface area contributed by atoms with Gasteiger partial charge in [0.25, 0.3) is 0 Å². The van der Waals surface area contributed by atoms with Gasteiger partial charge < -0.3 is 24.8 Å². The van der Waals surface area contributed by atoms with E-state index in [1.807, 2.05) is 56.7 Å². The zero-order chi connectivity index (χ0) is 35.1. The Morgan fingerprint density at radius 2 is 1.35 bits per heavy atom. The lowest BCUT2D eigenvalue weighted by Crippen LogP contribution is -2.49. The van der Waals surface area contributed by atoms with Gasteiger partial charge in [0.2, 0.25) is 5.69 Å². The molecule has 2 rings (SSSR count). The Labute approximate surface area is 291 Å². The maximum absolute atomic E-state index is 13.4. The van der Waals surface area contributed by atoms with Crippen molar-refractivity contribution in [2.24, 2.45) is 5.41 Å². The molecule has 1 fully saturated rings. The first-order valence-electron chi connectivity index (χ1n) is 19.1. The molecule has 2 N–H and O–H groups in total. The number of aromatic nitrogens is 1. The molecule has 2 heterocycles. The van der Waals surface area contributed by atoms with Gasteiger partial charge in [0, 0.05) is 30.7 Å². The second-order valence-electron chi connectivity index (χ2n) is 14.6. The van der Waals surface area contributed by atoms with Gasteiger partial charge in [0.15, 0.2) is 18.0 Å². The van der Waals surface area contributed by atoms with E-state index in [1.54, 1.807) is 0 Å². The SMILES string of the molecule is CCCCCCCCCCCCCCCCCCNC(=O)OCC1(COC(=O)NC(C(=O)C(C)(C)C)c2cccc[n+]2CC)CCCO1. The molecule has 2 amide bonds. The van der Waals surface area contributed by atoms with Crippen LogP contribution in [0.25, 0.3) is 0 Å². The average molecular weight is 675 g/mol. The van der Waals surface area contributed by atoms with Crippen molar-refractivity contribution in [2.75, 3.05) is 26.4 Å². The summed E-state index contributed by atoms with van der Waals surface area (Å²) in [7, 11) is 0. The third-order valence-corrected chi connectivity index (χ3v) is 9.29. The summed E-state index contributed by atoms with van der Waals surface area (Å²) in [4.78, 5) is 38.8. The number of Topliss-reactive ketones (excluding diaryl/α,β-unsaturated/α-hetero) is 1. The summed E-state index contributed by atoms with van der Waals surface area (Å²) in [5.41, 5.74) is -0.890. The fraction of sp³-hybridized carbons (Fsp3) is 0.795. The highest BCUT2D eigenvalue weighted by Gasteiger charge is 2.40. The number of nitrogens with one attached hydrogen (secondary N) is 2. The van der Waals surface area contributed by atoms with E-state index in [0.29, 0.717) is 31.8 Å². The molecule has 2 unspecified atom stereocenters. The van der Waals surface area contributed by atoms with Gasteiger partial charge in [-0.15, -0.1) is 0 Å². The molecule has 0 spiro atoms. The van der Waals surface area contributed by atoms with Crippen LogP contribution in [0.1, 0.15) is 162 Å². The third kappa shape index (κ3) is 16.6. The monoisotopic (exact) mass is 675 g/mol. The molecule has 9 nitrogen and oxygen atoms in total. The summed E-state index contributed by atoms with van der Waals surface area (Å²) < 4.78 is 19.0. The largest absolute Gasteiger partial charge is 0.446 e. The Hall–Kier alpha value is -2.68. The van der Waals surface area contributed by atoms with E-state index in [-0.39, 0.29) is 19.0 Å². The van der Waals surface area contributed by atoms with Crippen LogP contribution in [-0.2, 0) is 25.5 Å². The van der Waals surface area contributed by atoms with Gasteiger partial charge in [0.1, 0.15) is 25.4 Å². The number of rotatable bonds is 25. The van der Waals surface area contributed by atoms with Crippen molar-refractivity contribution in [2.45, 2.75) is 168 Å². The summed E-state index contributed by atoms with van der Waals surface area (Å²) >= 11 is 0. The van der Waals surface area contributed by atoms with Crippen molar-refractivity contribution < 1.29 is 33.2 Å². The van der Waals surface area contributed by atoms with Crippen LogP contribution in [0, 0.1) is 5.41 Å². The number of aryl methyl sites for hydroxylation is 1. The quantitative estimate of drug-likeness (QED) is 0.0793. The van der Waals surface area contributed by atoms with Crippen molar-refractivity contribution in [3.05, 3.63) is 30.1 Å². The fourth-order valence-corrected chi connectivity index (χ4v) is 6.24. The minimum absolute atomic E-state index is 0.00998. The zero-order valence-electron chi connectivity index (χ0n) is 31.0. The number of alkyl carbamates (subject to hydrolysis) is 2. The summed E-state index contributed by atoms with van der Waals surface area (Å²) in [6.45, 7) is 11.4. The van der Waals surface area contributed by atoms with Crippen molar-refractivity contribution in [3.63, 3.8) is 0 Å². The van der Waals surface area contributed by atoms with E-state index in [9.17, 15) is 14.4 Å². The molecule has 1 saturated heterocycles. The van der Waals surface area contributed by atoms with Crippen LogP contribution in [0.3, 0.4) is 0 Å². The summed E-state index contributed by atoms with van der Waals surface area (Å²) in [5.74, 6) is -0.121. The van der Waals surface area contributed by atoms with Crippen molar-refractivity contribution in [1.29, 1.82) is 0 Å². The minimum atomic E-state index is -0.900. The molecular formula is C39H68N3O6+. The standard InChI is InChI=1S/C39H67N3O6/c1-6-8-9-10-11-12-13-14-15-16-17-18-19-20-21-23-28-40-36(44)46-31-39(27-25-30-48-39)32-47-37(45)41-34(35(43)38(3,4)5)33-26-22-24-29-42(33)7-2/h22,24,26,29,34H,6-21,23,25,27-28,30-32H2,1-5H3,(H-,40,41,44,45)/p+1. The first-order valence-corrected chi connectivity index (χ1v) is 19.1. The number of unbranched alkanes of at least 4 members (excludes halogenated alkanes) is 15. The highest BCUT2D eigenvalue weighted by atomic mass is 16.6. The topological polar surface area (TPSA) is 107 Å². The molecule has 1 aliphatic heterocycles. The number of nitrogens with zero attached hydrogens (tertiary/aromatic N) is 1. The number of pyridine rings is 1. The number of carbonyl (C=O) groups is 3. The Balaban J connectivity index is 1.62. The first kappa shape index (κ1) is 41.5. The Morgan fingerprint density at radius 1 is 0.812 bits per heavy atom. The smallest absolute Gasteiger partial charge is 0.408 e. The van der Waals surface area contributed by atoms with Crippen LogP contribution in [0.5, 0.6) is 0 Å². The molecule has 48 heavy (non-hydrogen) atoms. The number of carbonyl (C=O) groups excluding carboxylic acids is 3. The van der Waals surface area contributed by atoms with Gasteiger partial charge in [-0.1, -0.05) is 130 Å². The molecule has 0 aromatic carbocycles. The number of amides is 2. The van der Waals surface area contributed by atoms with Crippen LogP contribution in [0.2, 0.25) is 0 Å². The van der Waals surface area contributed by atoms with Crippen LogP contribution in [0.15, 0.2) is 24.4 Å². The third-order valence-electron chi connectivity index (χ3n) is 9.29. The van der Waals surface area contributed by atoms with E-state index in [0.717, 1.165) is 19.3 Å². The van der Waals surface area contributed by atoms with Crippen LogP contribution in [-0.4, -0.2) is 49.9 Å². The van der Waals surface area contributed by atoms with Crippen LogP contribution < -0.4 is 15.2 Å². The fourth-order valence-electron chi connectivity index (χ4n) is 6.24. The maximum atomic E-state index is 13.4. The lowest BCUT2D eigenvalue weighted by molar-refractivity contribution is -0.701. The molecule has 1 aliphatic rings. The Bertz CT molecular complexity index is 1050. The number of ketones is 1. The van der Waals surface area contributed by atoms with Crippen LogP contribution in [0.4, 0.5) is 9.59 Å². The van der Waals surface area contributed by atoms with Crippen molar-refractivity contribution >= 4 is 18.0 Å². The molecule has 0 aliphatic carbocycles. The zero-order valence-corrected chi connectivity index (χ0v) is 31.0. The van der Waals surface area contributed by atoms with E-state index in [1.165, 1.54) is 89.9 Å². The second-order valence-corrected chi connectivity index (χ2v) is 14.6. The molecule has 0 saturated carbocycles. The molecule has 0 radical (unpaired) electrons. The molecule has 1 aromatic heterocycles. The molecule has 0 bridgehead atoms. The van der Waals surface area contributed by atoms with E-state index >= 15 is 0 Å². The lowest BCUT2D eigenvalue weighted by atomic mass is 9.85. The van der Waals surface area contributed by atoms with Gasteiger partial charge >= 0.3 is 12.2 Å². The first-order chi connectivity index (χ1) is 23.1. The van der Waals surface area contributed by atoms with Gasteiger partial charge in [-0.2, -0.15) is 0 Å². The van der Waals surface area contributed by atoms with E-state index in [4.69, 9.17) is 14.2 Å². The van der Waals surface area contributed by atoms with Gasteiger partial charge in [-0.05, 0) is 26.2 Å². The second kappa shape index (κ2) is 23.6. The Morgan fingerprint density at radius 3 is 1.85 bits per heavy atom. The number of hydrogen-bond donors (Lipinski definition) is 2. The van der Waals surface area contributed by atoms with Crippen molar-refractivity contribution in [3.8, 4) is 0 Å². The molecule has 2 atom stereocenters. The molecule has 274 valence electrons. The normalized spacial score (nSPS) is 16.8. The van der Waals surface area contributed by atoms with Crippen molar-refractivity contribution in [1.82, 2.24) is 10.6 Å². The van der Waals surface area contributed by atoms with Gasteiger partial charge in [0.05, 0.1) is 0 Å². The maximum Gasteiger partial charge on any atom is 0.408 e. The summed E-state index contributed by atoms with van der Waals surface area (Å²) in [6, 6.07) is 4.71. The number of hydrogen-bond acceptors (Lipinski definition) is 6. The summed E-state index contributed by atoms with van der Waals surface area (Å²) in [6.07, 6.45) is 23.0. The molecule has 9 heteroatoms. The Kier molecular flexibility index (Phi) is 20.4. The minimum Gasteiger partial charge on any atom is -0.446 e. The van der Waals surface area contributed by atoms with Gasteiger partial charge in [-0.3, -0.25) is 4.79 Å². The summed E-state index contributed by atoms with van der Waals surface area (Å²) in [5, 5.41) is 5.63. The highest BCUT2D eigenvalue weighted by Crippen LogP contribution is 2.28. The predicted octanol–water partition coefficient (Wildman–Crippen LogP) is 8.91. The highest BCUT2D eigenvalue weighted by molar-refractivity contribution is 5.91. The predicted molar refractivity (Wildman–Crippen MR) is 191 cm³/mol. The van der Waals surface area contributed by atoms with E-state index in [2.05, 4.69) is 17.6 Å². The van der Waals surface area contributed by atoms with Crippen LogP contribution >= 0.6 is 0 Å². The average Bonchev–Trinajstić information content (AvgIpc) is 3.55. The van der Waals surface area contributed by atoms with Gasteiger partial charge in [-0.25, -0.2) is 14.2 Å².